The van der Waals surface area contributed by atoms with Gasteiger partial charge in [0.25, 0.3) is 0 Å². The van der Waals surface area contributed by atoms with E-state index < -0.39 is 28.2 Å². The lowest BCUT2D eigenvalue weighted by molar-refractivity contribution is -0.153. The van der Waals surface area contributed by atoms with Gasteiger partial charge in [-0.3, -0.25) is 14.4 Å². The Morgan fingerprint density at radius 3 is 2.45 bits per heavy atom. The van der Waals surface area contributed by atoms with E-state index in [0.29, 0.717) is 13.1 Å². The maximum Gasteiger partial charge on any atom is 0.311 e. The number of carbonyl (C=O) groups excluding carboxylic acids is 3. The molecule has 8 heteroatoms. The van der Waals surface area contributed by atoms with E-state index in [-0.39, 0.29) is 41.7 Å². The highest BCUT2D eigenvalue weighted by atomic mass is 32.2. The average molecular weight is 549 g/mol. The third-order valence-electron chi connectivity index (χ3n) is 8.23. The number of esters is 1. The number of aliphatic hydroxyl groups excluding tert-OH is 1. The van der Waals surface area contributed by atoms with Gasteiger partial charge in [-0.15, -0.1) is 18.3 Å². The fourth-order valence-electron chi connectivity index (χ4n) is 7.23. The number of ether oxygens (including phenoxy) is 1. The van der Waals surface area contributed by atoms with Crippen LogP contribution in [-0.4, -0.2) is 80.6 Å². The van der Waals surface area contributed by atoms with E-state index in [9.17, 15) is 14.4 Å². The number of fused-ring (bicyclic) bond motifs is 1. The quantitative estimate of drug-likeness (QED) is 0.194. The first-order valence-electron chi connectivity index (χ1n) is 14.1. The van der Waals surface area contributed by atoms with Crippen molar-refractivity contribution in [3.8, 4) is 0 Å². The smallest absolute Gasteiger partial charge is 0.311 e. The Bertz CT molecular complexity index is 913. The summed E-state index contributed by atoms with van der Waals surface area (Å²) < 4.78 is 4.83. The SMILES string of the molecule is C=CCOC(=O)[C@@H]1[C@H]2C(=O)N(CCCCCCO)C(C(=O)N(CC=C)C(C)(C)CC(C)(C)C)C23CC[C@H]1S3. The summed E-state index contributed by atoms with van der Waals surface area (Å²) in [5.74, 6) is -1.57. The van der Waals surface area contributed by atoms with Crippen LogP contribution in [0.1, 0.15) is 79.6 Å². The van der Waals surface area contributed by atoms with Crippen LogP contribution in [0.4, 0.5) is 0 Å². The summed E-state index contributed by atoms with van der Waals surface area (Å²) in [4.78, 5) is 45.6. The van der Waals surface area contributed by atoms with Crippen molar-refractivity contribution in [2.75, 3.05) is 26.3 Å². The number of unbranched alkanes of at least 4 members (excludes halogenated alkanes) is 3. The Morgan fingerprint density at radius 2 is 1.84 bits per heavy atom. The zero-order valence-corrected chi connectivity index (χ0v) is 24.9. The van der Waals surface area contributed by atoms with E-state index in [0.717, 1.165) is 44.9 Å². The largest absolute Gasteiger partial charge is 0.461 e. The maximum atomic E-state index is 14.6. The summed E-state index contributed by atoms with van der Waals surface area (Å²) in [5, 5.41) is 9.13. The summed E-state index contributed by atoms with van der Waals surface area (Å²) in [6, 6.07) is -0.621. The molecule has 2 bridgehead atoms. The van der Waals surface area contributed by atoms with Crippen molar-refractivity contribution in [2.24, 2.45) is 17.3 Å². The van der Waals surface area contributed by atoms with Gasteiger partial charge in [0.1, 0.15) is 12.6 Å². The van der Waals surface area contributed by atoms with Crippen molar-refractivity contribution in [3.05, 3.63) is 25.3 Å². The molecular weight excluding hydrogens is 500 g/mol. The van der Waals surface area contributed by atoms with Crippen LogP contribution in [0.15, 0.2) is 25.3 Å². The molecule has 0 aromatic carbocycles. The summed E-state index contributed by atoms with van der Waals surface area (Å²) in [6.07, 6.45) is 8.87. The second-order valence-corrected chi connectivity index (χ2v) is 14.5. The van der Waals surface area contributed by atoms with Crippen molar-refractivity contribution < 1.29 is 24.2 Å². The van der Waals surface area contributed by atoms with Gasteiger partial charge in [-0.1, -0.05) is 52.3 Å². The molecule has 214 valence electrons. The van der Waals surface area contributed by atoms with E-state index in [1.165, 1.54) is 0 Å². The van der Waals surface area contributed by atoms with Crippen LogP contribution in [0.5, 0.6) is 0 Å². The number of thioether (sulfide) groups is 1. The monoisotopic (exact) mass is 548 g/mol. The Hall–Kier alpha value is -1.80. The van der Waals surface area contributed by atoms with Gasteiger partial charge < -0.3 is 19.6 Å². The predicted molar refractivity (Wildman–Crippen MR) is 153 cm³/mol. The molecule has 2 amide bonds. The van der Waals surface area contributed by atoms with Gasteiger partial charge >= 0.3 is 5.97 Å². The zero-order valence-electron chi connectivity index (χ0n) is 24.0. The van der Waals surface area contributed by atoms with Gasteiger partial charge in [0.2, 0.25) is 11.8 Å². The van der Waals surface area contributed by atoms with E-state index in [2.05, 4.69) is 47.8 Å². The van der Waals surface area contributed by atoms with E-state index in [4.69, 9.17) is 9.84 Å². The van der Waals surface area contributed by atoms with Crippen LogP contribution < -0.4 is 0 Å². The molecule has 3 heterocycles. The lowest BCUT2D eigenvalue weighted by Crippen LogP contribution is -2.60. The minimum Gasteiger partial charge on any atom is -0.461 e. The van der Waals surface area contributed by atoms with Crippen LogP contribution >= 0.6 is 11.8 Å². The molecule has 0 aromatic heterocycles. The fourth-order valence-corrected chi connectivity index (χ4v) is 9.43. The van der Waals surface area contributed by atoms with Crippen molar-refractivity contribution in [2.45, 2.75) is 101 Å². The molecule has 0 aromatic rings. The molecule has 3 fully saturated rings. The summed E-state index contributed by atoms with van der Waals surface area (Å²) in [7, 11) is 0. The number of amides is 2. The molecule has 0 radical (unpaired) electrons. The molecule has 38 heavy (non-hydrogen) atoms. The fraction of sp³-hybridized carbons (Fsp3) is 0.767. The standard InChI is InChI=1S/C30H48N2O5S/c1-8-16-32(29(6,7)20-28(3,4)5)26(35)24-30-15-14-21(38-30)22(27(36)37-19-9-2)23(30)25(34)31(24)17-12-10-11-13-18-33/h8-9,21-24,33H,1-2,10-20H2,3-7H3/t21-,22+,23+,24?,30?/m1/s1. The highest BCUT2D eigenvalue weighted by Crippen LogP contribution is 2.66. The van der Waals surface area contributed by atoms with Crippen molar-refractivity contribution in [1.82, 2.24) is 9.80 Å². The van der Waals surface area contributed by atoms with Crippen LogP contribution in [0.2, 0.25) is 0 Å². The Kier molecular flexibility index (Phi) is 9.83. The van der Waals surface area contributed by atoms with Gasteiger partial charge in [-0.05, 0) is 51.4 Å². The number of rotatable bonds is 14. The molecule has 3 aliphatic heterocycles. The number of aliphatic hydroxyl groups is 1. The van der Waals surface area contributed by atoms with Crippen LogP contribution in [0.3, 0.4) is 0 Å². The van der Waals surface area contributed by atoms with Crippen molar-refractivity contribution in [3.63, 3.8) is 0 Å². The van der Waals surface area contributed by atoms with Gasteiger partial charge in [0, 0.05) is 30.5 Å². The third kappa shape index (κ3) is 6.01. The first-order valence-corrected chi connectivity index (χ1v) is 15.0. The minimum atomic E-state index is -0.626. The molecule has 3 aliphatic rings. The lowest BCUT2D eigenvalue weighted by atomic mass is 9.71. The molecule has 1 N–H and O–H groups in total. The topological polar surface area (TPSA) is 87.1 Å². The van der Waals surface area contributed by atoms with Gasteiger partial charge in [0.15, 0.2) is 0 Å². The highest BCUT2D eigenvalue weighted by Gasteiger charge is 2.74. The van der Waals surface area contributed by atoms with Crippen LogP contribution in [0, 0.1) is 17.3 Å². The summed E-state index contributed by atoms with van der Waals surface area (Å²) >= 11 is 1.67. The molecule has 3 saturated heterocycles. The number of hydrogen-bond donors (Lipinski definition) is 1. The molecule has 1 spiro atoms. The van der Waals surface area contributed by atoms with Gasteiger partial charge in [-0.25, -0.2) is 0 Å². The normalized spacial score (nSPS) is 28.4. The van der Waals surface area contributed by atoms with Crippen molar-refractivity contribution in [1.29, 1.82) is 0 Å². The van der Waals surface area contributed by atoms with E-state index in [1.54, 1.807) is 28.8 Å². The van der Waals surface area contributed by atoms with Crippen LogP contribution in [0.25, 0.3) is 0 Å². The molecular formula is C30H48N2O5S. The van der Waals surface area contributed by atoms with Crippen molar-refractivity contribution >= 4 is 29.5 Å². The maximum absolute atomic E-state index is 14.6. The first kappa shape index (κ1) is 30.7. The molecule has 5 atom stereocenters. The molecule has 0 aliphatic carbocycles. The zero-order chi connectivity index (χ0) is 28.3. The van der Waals surface area contributed by atoms with E-state index in [1.807, 2.05) is 4.90 Å². The Labute approximate surface area is 233 Å². The number of likely N-dealkylation sites (tertiary alicyclic amines) is 1. The van der Waals surface area contributed by atoms with E-state index >= 15 is 0 Å². The van der Waals surface area contributed by atoms with Crippen LogP contribution in [-0.2, 0) is 19.1 Å². The second-order valence-electron chi connectivity index (χ2n) is 12.9. The number of hydrogen-bond acceptors (Lipinski definition) is 6. The highest BCUT2D eigenvalue weighted by molar-refractivity contribution is 8.02. The molecule has 2 unspecified atom stereocenters. The lowest BCUT2D eigenvalue weighted by Gasteiger charge is -2.46. The molecule has 0 saturated carbocycles. The third-order valence-corrected chi connectivity index (χ3v) is 10.2. The summed E-state index contributed by atoms with van der Waals surface area (Å²) in [6.45, 7) is 19.4. The number of carbonyl (C=O) groups is 3. The average Bonchev–Trinajstić information content (AvgIpc) is 3.46. The summed E-state index contributed by atoms with van der Waals surface area (Å²) in [5.41, 5.74) is -0.444. The Morgan fingerprint density at radius 1 is 1.16 bits per heavy atom. The van der Waals surface area contributed by atoms with Gasteiger partial charge in [0.05, 0.1) is 16.6 Å². The van der Waals surface area contributed by atoms with Gasteiger partial charge in [-0.2, -0.15) is 0 Å². The predicted octanol–water partition coefficient (Wildman–Crippen LogP) is 4.59. The minimum absolute atomic E-state index is 0.00246. The second kappa shape index (κ2) is 12.2. The molecule has 3 rings (SSSR count). The Balaban J connectivity index is 1.99. The number of nitrogens with zero attached hydrogens (tertiary/aromatic N) is 2. The molecule has 7 nitrogen and oxygen atoms in total. The first-order chi connectivity index (χ1) is 17.8.